The van der Waals surface area contributed by atoms with Crippen LogP contribution >= 0.6 is 36.7 Å². The molecule has 0 bridgehead atoms. The summed E-state index contributed by atoms with van der Waals surface area (Å²) in [5, 5.41) is 10.1. The molecule has 138 valence electrons. The van der Waals surface area contributed by atoms with Gasteiger partial charge in [0.15, 0.2) is 11.8 Å². The smallest absolute Gasteiger partial charge is 0.259 e. The van der Waals surface area contributed by atoms with Gasteiger partial charge in [-0.1, -0.05) is 0 Å². The van der Waals surface area contributed by atoms with Gasteiger partial charge in [0.05, 0.1) is 0 Å². The molecule has 0 unspecified atom stereocenters. The summed E-state index contributed by atoms with van der Waals surface area (Å²) in [4.78, 5) is 2.25. The van der Waals surface area contributed by atoms with E-state index in [0.29, 0.717) is 10.3 Å². The summed E-state index contributed by atoms with van der Waals surface area (Å²) in [6, 6.07) is 0. The Bertz CT molecular complexity index is 479. The Labute approximate surface area is 161 Å². The molecule has 0 spiro atoms. The monoisotopic (exact) mass is 392 g/mol. The average molecular weight is 393 g/mol. The highest BCUT2D eigenvalue weighted by Gasteiger charge is 2.47. The van der Waals surface area contributed by atoms with Crippen molar-refractivity contribution in [2.75, 3.05) is 20.8 Å². The van der Waals surface area contributed by atoms with E-state index in [4.69, 9.17) is 46.1 Å². The molecule has 1 rings (SSSR count). The normalized spacial score (nSPS) is 19.2. The zero-order chi connectivity index (χ0) is 18.5. The van der Waals surface area contributed by atoms with E-state index in [9.17, 15) is 0 Å². The maximum Gasteiger partial charge on any atom is 0.259 e. The van der Waals surface area contributed by atoms with Crippen molar-refractivity contribution in [3.63, 3.8) is 0 Å². The lowest BCUT2D eigenvalue weighted by atomic mass is 9.78. The molecule has 24 heavy (non-hydrogen) atoms. The van der Waals surface area contributed by atoms with Gasteiger partial charge in [0, 0.05) is 38.0 Å². The summed E-state index contributed by atoms with van der Waals surface area (Å²) in [5.74, 6) is 0. The van der Waals surface area contributed by atoms with Crippen molar-refractivity contribution >= 4 is 52.1 Å². The number of thiocarbonyl (C=S) groups is 3. The van der Waals surface area contributed by atoms with E-state index in [1.54, 1.807) is 7.05 Å². The fraction of sp³-hybridized carbons (Fsp3) is 0.800. The lowest BCUT2D eigenvalue weighted by molar-refractivity contribution is -0.0310. The molecule has 0 aromatic heterocycles. The summed E-state index contributed by atoms with van der Waals surface area (Å²) < 4.78 is 11.1. The predicted octanol–water partition coefficient (Wildman–Crippen LogP) is 1.88. The molecular weight excluding hydrogens is 364 g/mol. The van der Waals surface area contributed by atoms with Crippen LogP contribution in [0.15, 0.2) is 0 Å². The van der Waals surface area contributed by atoms with E-state index >= 15 is 0 Å². The number of hydrogen-bond donors (Lipinski definition) is 3. The number of ether oxygens (including phenoxy) is 2. The van der Waals surface area contributed by atoms with Gasteiger partial charge in [-0.15, -0.1) is 0 Å². The quantitative estimate of drug-likeness (QED) is 0.494. The largest absolute Gasteiger partial charge is 0.467 e. The molecule has 0 aliphatic carbocycles. The molecular formula is C15H28N4O2S3. The minimum Gasteiger partial charge on any atom is -0.467 e. The van der Waals surface area contributed by atoms with Crippen molar-refractivity contribution in [1.82, 2.24) is 20.9 Å². The van der Waals surface area contributed by atoms with Gasteiger partial charge in [-0.3, -0.25) is 0 Å². The second-order valence-electron chi connectivity index (χ2n) is 6.95. The molecule has 0 atom stereocenters. The molecule has 0 aromatic rings. The number of hydrogen-bond acceptors (Lipinski definition) is 5. The van der Waals surface area contributed by atoms with Gasteiger partial charge in [-0.2, -0.15) is 0 Å². The van der Waals surface area contributed by atoms with E-state index < -0.39 is 0 Å². The fourth-order valence-corrected chi connectivity index (χ4v) is 4.11. The van der Waals surface area contributed by atoms with Crippen molar-refractivity contribution in [3.05, 3.63) is 0 Å². The first-order valence-electron chi connectivity index (χ1n) is 7.84. The van der Waals surface area contributed by atoms with E-state index in [2.05, 4.69) is 48.5 Å². The second kappa shape index (κ2) is 8.44. The molecule has 0 amide bonds. The van der Waals surface area contributed by atoms with E-state index in [0.717, 1.165) is 18.0 Å². The summed E-state index contributed by atoms with van der Waals surface area (Å²) in [6.07, 6.45) is 1.63. The maximum atomic E-state index is 5.93. The van der Waals surface area contributed by atoms with Gasteiger partial charge < -0.3 is 30.3 Å². The Kier molecular flexibility index (Phi) is 7.43. The molecule has 1 fully saturated rings. The minimum absolute atomic E-state index is 0.00200. The fourth-order valence-electron chi connectivity index (χ4n) is 3.36. The first-order chi connectivity index (χ1) is 11.0. The molecule has 9 heteroatoms. The third-order valence-electron chi connectivity index (χ3n) is 3.98. The van der Waals surface area contributed by atoms with Gasteiger partial charge in [0.1, 0.15) is 6.10 Å². The number of nitrogens with one attached hydrogen (secondary N) is 3. The van der Waals surface area contributed by atoms with E-state index in [1.165, 1.54) is 0 Å². The van der Waals surface area contributed by atoms with Gasteiger partial charge >= 0.3 is 0 Å². The maximum absolute atomic E-state index is 5.93. The Morgan fingerprint density at radius 1 is 1.00 bits per heavy atom. The highest BCUT2D eigenvalue weighted by molar-refractivity contribution is 7.80. The van der Waals surface area contributed by atoms with Crippen molar-refractivity contribution in [1.29, 1.82) is 0 Å². The molecule has 0 radical (unpaired) electrons. The summed E-state index contributed by atoms with van der Waals surface area (Å²) in [5.41, 5.74) is -0.293. The zero-order valence-corrected chi connectivity index (χ0v) is 17.6. The summed E-state index contributed by atoms with van der Waals surface area (Å²) >= 11 is 15.6. The average Bonchev–Trinajstić information content (AvgIpc) is 2.43. The first kappa shape index (κ1) is 21.1. The number of likely N-dealkylation sites (tertiary alicyclic amines) is 1. The van der Waals surface area contributed by atoms with Gasteiger partial charge in [-0.05, 0) is 64.3 Å². The van der Waals surface area contributed by atoms with Crippen LogP contribution in [0.1, 0.15) is 40.5 Å². The molecule has 1 heterocycles. The van der Waals surface area contributed by atoms with Crippen molar-refractivity contribution < 1.29 is 9.47 Å². The number of nitrogens with zero attached hydrogens (tertiary/aromatic N) is 1. The molecule has 1 aliphatic heterocycles. The van der Waals surface area contributed by atoms with Gasteiger partial charge in [0.2, 0.25) is 0 Å². The Hall–Kier alpha value is -0.930. The van der Waals surface area contributed by atoms with Crippen molar-refractivity contribution in [2.24, 2.45) is 0 Å². The van der Waals surface area contributed by atoms with Crippen LogP contribution in [0.2, 0.25) is 0 Å². The highest BCUT2D eigenvalue weighted by atomic mass is 32.1. The van der Waals surface area contributed by atoms with Crippen LogP contribution in [-0.4, -0.2) is 58.4 Å². The second-order valence-corrected chi connectivity index (χ2v) is 8.08. The molecule has 3 N–H and O–H groups in total. The standard InChI is InChI=1S/C15H28N4O2S3/c1-14(2)7-10(8-15(3,4)19(14)11(22)16-5)21-13(24)18-9-20-12(23)17-6/h10H,7-9H2,1-6H3,(H,16,22)(H,17,23)(H,18,24). The van der Waals surface area contributed by atoms with Crippen LogP contribution in [0.4, 0.5) is 0 Å². The Morgan fingerprint density at radius 3 is 2.00 bits per heavy atom. The lowest BCUT2D eigenvalue weighted by Gasteiger charge is -2.55. The summed E-state index contributed by atoms with van der Waals surface area (Å²) in [6.45, 7) is 8.84. The lowest BCUT2D eigenvalue weighted by Crippen LogP contribution is -2.66. The van der Waals surface area contributed by atoms with Gasteiger partial charge in [-0.25, -0.2) is 0 Å². The zero-order valence-electron chi connectivity index (χ0n) is 15.2. The molecule has 0 saturated carbocycles. The van der Waals surface area contributed by atoms with Crippen molar-refractivity contribution in [3.8, 4) is 0 Å². The predicted molar refractivity (Wildman–Crippen MR) is 109 cm³/mol. The SMILES string of the molecule is CNC(=S)OCNC(=S)OC1CC(C)(C)N(C(=S)NC)C(C)(C)C1. The van der Waals surface area contributed by atoms with Crippen LogP contribution in [-0.2, 0) is 9.47 Å². The van der Waals surface area contributed by atoms with Crippen molar-refractivity contribution in [2.45, 2.75) is 57.7 Å². The third-order valence-corrected chi connectivity index (χ3v) is 4.93. The van der Waals surface area contributed by atoms with Crippen LogP contribution < -0.4 is 16.0 Å². The van der Waals surface area contributed by atoms with Crippen LogP contribution in [0.5, 0.6) is 0 Å². The minimum atomic E-state index is -0.147. The van der Waals surface area contributed by atoms with Crippen LogP contribution in [0.3, 0.4) is 0 Å². The topological polar surface area (TPSA) is 57.8 Å². The highest BCUT2D eigenvalue weighted by Crippen LogP contribution is 2.39. The van der Waals surface area contributed by atoms with Gasteiger partial charge in [0.25, 0.3) is 10.3 Å². The Balaban J connectivity index is 2.65. The van der Waals surface area contributed by atoms with Crippen LogP contribution in [0, 0.1) is 0 Å². The molecule has 1 aliphatic rings. The molecule has 0 aromatic carbocycles. The molecule has 6 nitrogen and oxygen atoms in total. The first-order valence-corrected chi connectivity index (χ1v) is 9.07. The Morgan fingerprint density at radius 2 is 1.54 bits per heavy atom. The number of rotatable bonds is 3. The molecule has 1 saturated heterocycles. The number of piperidine rings is 1. The third kappa shape index (κ3) is 5.56. The van der Waals surface area contributed by atoms with E-state index in [-0.39, 0.29) is 23.9 Å². The van der Waals surface area contributed by atoms with E-state index in [1.807, 2.05) is 7.05 Å². The summed E-state index contributed by atoms with van der Waals surface area (Å²) in [7, 11) is 3.55. The van der Waals surface area contributed by atoms with Crippen LogP contribution in [0.25, 0.3) is 0 Å².